The van der Waals surface area contributed by atoms with Crippen LogP contribution in [0.15, 0.2) is 34.0 Å². The fourth-order valence-corrected chi connectivity index (χ4v) is 4.38. The second-order valence-corrected chi connectivity index (χ2v) is 15.1. The van der Waals surface area contributed by atoms with Crippen molar-refractivity contribution in [1.29, 1.82) is 0 Å². The Bertz CT molecular complexity index is 344. The van der Waals surface area contributed by atoms with Gasteiger partial charge >= 0.3 is 110 Å². The average Bonchev–Trinajstić information content (AvgIpc) is 2.23. The molecule has 0 aromatic heterocycles. The van der Waals surface area contributed by atoms with Crippen LogP contribution < -0.4 is 0 Å². The van der Waals surface area contributed by atoms with Gasteiger partial charge in [-0.3, -0.25) is 0 Å². The van der Waals surface area contributed by atoms with Gasteiger partial charge in [0.1, 0.15) is 0 Å². The van der Waals surface area contributed by atoms with E-state index in [0.29, 0.717) is 0 Å². The van der Waals surface area contributed by atoms with Gasteiger partial charge < -0.3 is 0 Å². The van der Waals surface area contributed by atoms with Crippen LogP contribution in [0.1, 0.15) is 6.92 Å². The van der Waals surface area contributed by atoms with Gasteiger partial charge in [0.25, 0.3) is 0 Å². The van der Waals surface area contributed by atoms with Crippen LogP contribution in [-0.4, -0.2) is 16.9 Å². The summed E-state index contributed by atoms with van der Waals surface area (Å²) in [6.07, 6.45) is 3.49. The molecule has 92 valence electrons. The summed E-state index contributed by atoms with van der Waals surface area (Å²) in [6.45, 7) is 1.39. The van der Waals surface area contributed by atoms with Crippen LogP contribution in [0, 0.1) is 0 Å². The molecule has 6 heteroatoms. The number of hydrogen-bond acceptors (Lipinski definition) is 1. The normalized spacial score (nSPS) is 26.4. The van der Waals surface area contributed by atoms with Gasteiger partial charge in [-0.05, 0) is 0 Å². The zero-order valence-electron chi connectivity index (χ0n) is 8.68. The molecule has 16 heavy (non-hydrogen) atoms. The molecule has 0 aromatic rings. The maximum atomic E-state index is 12.2. The molecule has 0 heterocycles. The van der Waals surface area contributed by atoms with Crippen molar-refractivity contribution in [1.82, 2.24) is 0 Å². The first-order chi connectivity index (χ1) is 7.22. The van der Waals surface area contributed by atoms with E-state index in [9.17, 15) is 13.2 Å². The van der Waals surface area contributed by atoms with Crippen LogP contribution >= 0.6 is 34.5 Å². The molecule has 1 aliphatic carbocycles. The van der Waals surface area contributed by atoms with Gasteiger partial charge in [-0.25, -0.2) is 0 Å². The molecule has 0 aliphatic heterocycles. The monoisotopic (exact) mass is 458 g/mol. The first kappa shape index (κ1) is 14.5. The molecule has 1 atom stereocenters. The summed E-state index contributed by atoms with van der Waals surface area (Å²) >= 11 is 1.16. The second-order valence-electron chi connectivity index (χ2n) is 3.38. The predicted octanol–water partition coefficient (Wildman–Crippen LogP) is 4.78. The number of hydrogen-bond donors (Lipinski definition) is 0. The number of halogens is 5. The van der Waals surface area contributed by atoms with Crippen LogP contribution in [0.5, 0.6) is 0 Å². The second kappa shape index (κ2) is 5.38. The SMILES string of the molecule is CI(I)C1=CC=CC(C)(OC(F)(F)F)C=C1. The Hall–Kier alpha value is 0.430. The first-order valence-electron chi connectivity index (χ1n) is 4.34. The minimum absolute atomic E-state index is 1.12. The van der Waals surface area contributed by atoms with Crippen molar-refractivity contribution in [2.45, 2.75) is 18.9 Å². The molecule has 0 saturated heterocycles. The van der Waals surface area contributed by atoms with Gasteiger partial charge in [0, 0.05) is 0 Å². The fourth-order valence-electron chi connectivity index (χ4n) is 1.18. The average molecular weight is 458 g/mol. The summed E-state index contributed by atoms with van der Waals surface area (Å²) in [4.78, 5) is 2.13. The molecule has 0 amide bonds. The van der Waals surface area contributed by atoms with Gasteiger partial charge in [-0.2, -0.15) is 0 Å². The van der Waals surface area contributed by atoms with E-state index in [2.05, 4.69) is 28.3 Å². The van der Waals surface area contributed by atoms with Crippen molar-refractivity contribution in [3.8, 4) is 0 Å². The van der Waals surface area contributed by atoms with Gasteiger partial charge in [0.15, 0.2) is 0 Å². The first-order valence-corrected chi connectivity index (χ1v) is 13.9. The Labute approximate surface area is 109 Å². The number of allylic oxidation sites excluding steroid dienone is 4. The van der Waals surface area contributed by atoms with Crippen molar-refractivity contribution in [3.05, 3.63) is 34.0 Å². The summed E-state index contributed by atoms with van der Waals surface area (Å²) < 4.78 is 41.7. The van der Waals surface area contributed by atoms with Crippen molar-refractivity contribution in [3.63, 3.8) is 0 Å². The third-order valence-corrected chi connectivity index (χ3v) is 7.49. The molecular weight excluding hydrogens is 447 g/mol. The van der Waals surface area contributed by atoms with Gasteiger partial charge in [0.05, 0.1) is 0 Å². The molecule has 1 unspecified atom stereocenters. The van der Waals surface area contributed by atoms with Gasteiger partial charge in [-0.15, -0.1) is 0 Å². The van der Waals surface area contributed by atoms with E-state index in [0.717, 1.165) is 3.58 Å². The predicted molar refractivity (Wildman–Crippen MR) is 75.9 cm³/mol. The van der Waals surface area contributed by atoms with Crippen LogP contribution in [-0.2, 0) is 4.74 Å². The number of rotatable bonds is 2. The van der Waals surface area contributed by atoms with Crippen LogP contribution in [0.3, 0.4) is 0 Å². The molecular formula is C10H11F3I2O. The molecule has 0 fully saturated rings. The summed E-state index contributed by atoms with van der Waals surface area (Å²) in [7, 11) is 0. The Morgan fingerprint density at radius 2 is 2.00 bits per heavy atom. The minimum atomic E-state index is -4.62. The molecule has 0 radical (unpaired) electrons. The Morgan fingerprint density at radius 1 is 1.38 bits per heavy atom. The quantitative estimate of drug-likeness (QED) is 0.428. The summed E-state index contributed by atoms with van der Waals surface area (Å²) in [5.74, 6) is 0. The van der Waals surface area contributed by atoms with E-state index in [1.54, 1.807) is 12.2 Å². The van der Waals surface area contributed by atoms with Crippen molar-refractivity contribution >= 4 is 34.5 Å². The zero-order chi connectivity index (χ0) is 12.4. The Kier molecular flexibility index (Phi) is 4.88. The van der Waals surface area contributed by atoms with Crippen molar-refractivity contribution < 1.29 is 17.9 Å². The summed E-state index contributed by atoms with van der Waals surface area (Å²) in [6, 6.07) is 0. The molecule has 0 aromatic carbocycles. The third kappa shape index (κ3) is 4.74. The van der Waals surface area contributed by atoms with E-state index < -0.39 is 27.8 Å². The molecule has 0 bridgehead atoms. The summed E-state index contributed by atoms with van der Waals surface area (Å²) in [5.41, 5.74) is -1.40. The maximum absolute atomic E-state index is 12.2. The standard InChI is InChI=1S/C10H11F3I2O/c1-9(16-10(11,12)13)6-3-4-8(5-7-9)15(2)14/h3-7H,1-2H3. The summed E-state index contributed by atoms with van der Waals surface area (Å²) in [5, 5.41) is 0. The van der Waals surface area contributed by atoms with E-state index >= 15 is 0 Å². The molecule has 1 aliphatic rings. The number of alkyl halides is 4. The molecule has 0 saturated carbocycles. The van der Waals surface area contributed by atoms with Gasteiger partial charge in [0.2, 0.25) is 0 Å². The Balaban J connectivity index is 2.86. The van der Waals surface area contributed by atoms with Crippen LogP contribution in [0.25, 0.3) is 0 Å². The van der Waals surface area contributed by atoms with Crippen molar-refractivity contribution in [2.24, 2.45) is 0 Å². The topological polar surface area (TPSA) is 9.23 Å². The molecule has 1 nitrogen and oxygen atoms in total. The molecule has 0 N–H and O–H groups in total. The van der Waals surface area contributed by atoms with E-state index in [1.165, 1.54) is 19.1 Å². The van der Waals surface area contributed by atoms with Crippen LogP contribution in [0.2, 0.25) is 0 Å². The zero-order valence-corrected chi connectivity index (χ0v) is 13.0. The fraction of sp³-hybridized carbons (Fsp3) is 0.400. The van der Waals surface area contributed by atoms with E-state index in [4.69, 9.17) is 0 Å². The third-order valence-electron chi connectivity index (χ3n) is 1.89. The molecule has 0 spiro atoms. The van der Waals surface area contributed by atoms with Crippen LogP contribution in [0.4, 0.5) is 13.2 Å². The number of ether oxygens (including phenoxy) is 1. The van der Waals surface area contributed by atoms with Crippen molar-refractivity contribution in [2.75, 3.05) is 4.93 Å². The van der Waals surface area contributed by atoms with E-state index in [1.807, 2.05) is 6.08 Å². The van der Waals surface area contributed by atoms with E-state index in [-0.39, 0.29) is 0 Å². The van der Waals surface area contributed by atoms with Gasteiger partial charge in [-0.1, -0.05) is 0 Å². The molecule has 1 rings (SSSR count). The Morgan fingerprint density at radius 3 is 2.50 bits per heavy atom.